The molecule has 136 valence electrons. The molecule has 12 nitrogen and oxygen atoms in total. The minimum Gasteiger partial charge on any atom is -0.357 e. The molecule has 0 radical (unpaired) electrons. The highest BCUT2D eigenvalue weighted by molar-refractivity contribution is 5.42. The first kappa shape index (κ1) is 18.2. The maximum Gasteiger partial charge on any atom is 0.229 e. The van der Waals surface area contributed by atoms with Gasteiger partial charge in [0.1, 0.15) is 0 Å². The van der Waals surface area contributed by atoms with E-state index in [0.717, 1.165) is 6.42 Å². The van der Waals surface area contributed by atoms with Crippen molar-refractivity contribution in [1.29, 1.82) is 0 Å². The van der Waals surface area contributed by atoms with Gasteiger partial charge >= 0.3 is 0 Å². The maximum atomic E-state index is 4.25. The first-order valence-corrected chi connectivity index (χ1v) is 7.89. The van der Waals surface area contributed by atoms with Gasteiger partial charge in [-0.2, -0.15) is 29.9 Å². The molecular formula is C13H24N12. The lowest BCUT2D eigenvalue weighted by Gasteiger charge is -2.10. The molecule has 0 unspecified atom stereocenters. The molecule has 0 bridgehead atoms. The van der Waals surface area contributed by atoms with Crippen molar-refractivity contribution in [1.82, 2.24) is 29.9 Å². The number of hydrogen-bond donors (Lipinski definition) is 6. The van der Waals surface area contributed by atoms with Crippen molar-refractivity contribution in [3.05, 3.63) is 0 Å². The summed E-state index contributed by atoms with van der Waals surface area (Å²) in [7, 11) is 7.04. The zero-order valence-corrected chi connectivity index (χ0v) is 14.8. The predicted octanol–water partition coefficient (Wildman–Crippen LogP) is 0.137. The van der Waals surface area contributed by atoms with Crippen LogP contribution in [0, 0.1) is 0 Å². The molecule has 6 N–H and O–H groups in total. The molecule has 0 aliphatic rings. The van der Waals surface area contributed by atoms with E-state index in [1.807, 2.05) is 0 Å². The average Bonchev–Trinajstić information content (AvgIpc) is 2.66. The van der Waals surface area contributed by atoms with Crippen LogP contribution in [0.4, 0.5) is 35.7 Å². The van der Waals surface area contributed by atoms with Crippen molar-refractivity contribution in [3.8, 4) is 0 Å². The molecule has 0 aliphatic heterocycles. The van der Waals surface area contributed by atoms with E-state index >= 15 is 0 Å². The fraction of sp³-hybridized carbons (Fsp3) is 0.538. The van der Waals surface area contributed by atoms with Crippen LogP contribution in [0.25, 0.3) is 0 Å². The standard InChI is InChI=1S/C13H24N12/c1-14-8-20-9(15-2)23-12(22-8)18-6-5-7-19-13-24-10(16-3)21-11(17-4)25-13/h5-7H2,1-4H3,(H3,14,15,18,20,22,23)(H3,16,17,19,21,24,25). The molecule has 0 fully saturated rings. The largest absolute Gasteiger partial charge is 0.357 e. The van der Waals surface area contributed by atoms with Crippen LogP contribution in [0.1, 0.15) is 6.42 Å². The highest BCUT2D eigenvalue weighted by Crippen LogP contribution is 2.09. The van der Waals surface area contributed by atoms with Gasteiger partial charge in [-0.05, 0) is 6.42 Å². The summed E-state index contributed by atoms with van der Waals surface area (Å²) in [5, 5.41) is 17.9. The quantitative estimate of drug-likeness (QED) is 0.324. The van der Waals surface area contributed by atoms with Crippen LogP contribution in [0.15, 0.2) is 0 Å². The number of rotatable bonds is 10. The molecule has 2 aromatic rings. The molecule has 0 atom stereocenters. The molecule has 25 heavy (non-hydrogen) atoms. The minimum atomic E-state index is 0.504. The Bertz CT molecular complexity index is 574. The Morgan fingerprint density at radius 3 is 1.04 bits per heavy atom. The second kappa shape index (κ2) is 9.20. The normalized spacial score (nSPS) is 10.1. The maximum absolute atomic E-state index is 4.25. The summed E-state index contributed by atoms with van der Waals surface area (Å²) in [5.41, 5.74) is 0. The van der Waals surface area contributed by atoms with Gasteiger partial charge in [-0.25, -0.2) is 0 Å². The van der Waals surface area contributed by atoms with E-state index in [2.05, 4.69) is 61.8 Å². The lowest BCUT2D eigenvalue weighted by Crippen LogP contribution is -2.15. The number of nitrogens with one attached hydrogen (secondary N) is 6. The van der Waals surface area contributed by atoms with Gasteiger partial charge in [0.25, 0.3) is 0 Å². The number of anilines is 6. The topological polar surface area (TPSA) is 150 Å². The second-order valence-corrected chi connectivity index (χ2v) is 4.82. The van der Waals surface area contributed by atoms with Gasteiger partial charge in [0, 0.05) is 41.3 Å². The predicted molar refractivity (Wildman–Crippen MR) is 99.4 cm³/mol. The zero-order valence-electron chi connectivity index (χ0n) is 14.8. The molecule has 0 spiro atoms. The van der Waals surface area contributed by atoms with Crippen molar-refractivity contribution in [3.63, 3.8) is 0 Å². The third kappa shape index (κ3) is 5.44. The van der Waals surface area contributed by atoms with Crippen LogP contribution in [0.3, 0.4) is 0 Å². The fourth-order valence-electron chi connectivity index (χ4n) is 1.85. The molecule has 0 saturated carbocycles. The summed E-state index contributed by atoms with van der Waals surface area (Å²) in [6, 6.07) is 0. The summed E-state index contributed by atoms with van der Waals surface area (Å²) < 4.78 is 0. The highest BCUT2D eigenvalue weighted by Gasteiger charge is 2.05. The SMILES string of the molecule is CNc1nc(NC)nc(NCCCNc2nc(NC)nc(NC)n2)n1. The third-order valence-electron chi connectivity index (χ3n) is 3.09. The molecular weight excluding hydrogens is 324 g/mol. The Balaban J connectivity index is 1.82. The van der Waals surface area contributed by atoms with Crippen molar-refractivity contribution in [2.45, 2.75) is 6.42 Å². The van der Waals surface area contributed by atoms with E-state index < -0.39 is 0 Å². The molecule has 2 heterocycles. The van der Waals surface area contributed by atoms with Gasteiger partial charge in [0.2, 0.25) is 35.7 Å². The zero-order chi connectivity index (χ0) is 18.1. The summed E-state index contributed by atoms with van der Waals surface area (Å²) in [6.07, 6.45) is 0.824. The van der Waals surface area contributed by atoms with E-state index in [9.17, 15) is 0 Å². The Morgan fingerprint density at radius 1 is 0.480 bits per heavy atom. The fourth-order valence-corrected chi connectivity index (χ4v) is 1.85. The van der Waals surface area contributed by atoms with Crippen molar-refractivity contribution in [2.24, 2.45) is 0 Å². The first-order valence-electron chi connectivity index (χ1n) is 7.89. The van der Waals surface area contributed by atoms with E-state index in [-0.39, 0.29) is 0 Å². The molecule has 12 heteroatoms. The van der Waals surface area contributed by atoms with E-state index in [1.165, 1.54) is 0 Å². The summed E-state index contributed by atoms with van der Waals surface area (Å²) in [6.45, 7) is 1.37. The van der Waals surface area contributed by atoms with E-state index in [4.69, 9.17) is 0 Å². The van der Waals surface area contributed by atoms with Gasteiger partial charge in [-0.1, -0.05) is 0 Å². The lowest BCUT2D eigenvalue weighted by molar-refractivity contribution is 0.876. The van der Waals surface area contributed by atoms with Gasteiger partial charge < -0.3 is 31.9 Å². The van der Waals surface area contributed by atoms with Crippen LogP contribution in [0.2, 0.25) is 0 Å². The number of hydrogen-bond acceptors (Lipinski definition) is 12. The first-order chi connectivity index (χ1) is 12.2. The third-order valence-corrected chi connectivity index (χ3v) is 3.09. The second-order valence-electron chi connectivity index (χ2n) is 4.82. The van der Waals surface area contributed by atoms with Crippen LogP contribution in [0.5, 0.6) is 0 Å². The van der Waals surface area contributed by atoms with Gasteiger partial charge in [-0.3, -0.25) is 0 Å². The van der Waals surface area contributed by atoms with Crippen LogP contribution in [-0.4, -0.2) is 71.2 Å². The molecule has 0 saturated heterocycles. The van der Waals surface area contributed by atoms with Gasteiger partial charge in [0.05, 0.1) is 0 Å². The summed E-state index contributed by atoms with van der Waals surface area (Å²) in [5.74, 6) is 3.04. The summed E-state index contributed by atoms with van der Waals surface area (Å²) >= 11 is 0. The number of aromatic nitrogens is 6. The van der Waals surface area contributed by atoms with Crippen LogP contribution in [-0.2, 0) is 0 Å². The van der Waals surface area contributed by atoms with Gasteiger partial charge in [0.15, 0.2) is 0 Å². The van der Waals surface area contributed by atoms with E-state index in [0.29, 0.717) is 48.8 Å². The van der Waals surface area contributed by atoms with Crippen LogP contribution < -0.4 is 31.9 Å². The lowest BCUT2D eigenvalue weighted by atomic mass is 10.4. The smallest absolute Gasteiger partial charge is 0.229 e. The molecule has 0 aliphatic carbocycles. The Morgan fingerprint density at radius 2 is 0.760 bits per heavy atom. The molecule has 0 amide bonds. The van der Waals surface area contributed by atoms with Crippen molar-refractivity contribution < 1.29 is 0 Å². The Hall–Kier alpha value is -3.18. The van der Waals surface area contributed by atoms with E-state index in [1.54, 1.807) is 28.2 Å². The molecule has 0 aromatic carbocycles. The summed E-state index contributed by atoms with van der Waals surface area (Å²) in [4.78, 5) is 25.3. The van der Waals surface area contributed by atoms with Crippen molar-refractivity contribution >= 4 is 35.7 Å². The minimum absolute atomic E-state index is 0.504. The monoisotopic (exact) mass is 348 g/mol. The molecule has 2 rings (SSSR count). The molecule has 2 aromatic heterocycles. The van der Waals surface area contributed by atoms with Gasteiger partial charge in [-0.15, -0.1) is 0 Å². The number of nitrogens with zero attached hydrogens (tertiary/aromatic N) is 6. The Labute approximate surface area is 146 Å². The van der Waals surface area contributed by atoms with Crippen molar-refractivity contribution in [2.75, 3.05) is 73.2 Å². The van der Waals surface area contributed by atoms with Crippen LogP contribution >= 0.6 is 0 Å². The highest BCUT2D eigenvalue weighted by atomic mass is 15.3. The Kier molecular flexibility index (Phi) is 6.68. The average molecular weight is 348 g/mol.